The molecule has 0 saturated heterocycles. The lowest BCUT2D eigenvalue weighted by atomic mass is 10.2. The Bertz CT molecular complexity index is 650. The number of ketones is 1. The first-order valence-electron chi connectivity index (χ1n) is 5.14. The van der Waals surface area contributed by atoms with Crippen LogP contribution in [0.5, 0.6) is 5.75 Å². The summed E-state index contributed by atoms with van der Waals surface area (Å²) in [4.78, 5) is 12.1. The van der Waals surface area contributed by atoms with Crippen molar-refractivity contribution in [3.05, 3.63) is 43.1 Å². The molecule has 0 atom stereocenters. The minimum absolute atomic E-state index is 0.0562. The summed E-state index contributed by atoms with van der Waals surface area (Å²) < 4.78 is 9.61. The lowest BCUT2D eigenvalue weighted by Gasteiger charge is -2.10. The number of Topliss-reactive ketones (excluding diaryl/α,β-unsaturated/α-hetero) is 1. The van der Waals surface area contributed by atoms with Gasteiger partial charge in [0.05, 0.1) is 17.0 Å². The van der Waals surface area contributed by atoms with Crippen LogP contribution in [0.1, 0.15) is 10.4 Å². The van der Waals surface area contributed by atoms with Crippen LogP contribution in [-0.2, 0) is 0 Å². The van der Waals surface area contributed by atoms with Gasteiger partial charge in [0.2, 0.25) is 5.78 Å². The minimum atomic E-state index is -0.177. The molecule has 1 heterocycles. The van der Waals surface area contributed by atoms with Crippen LogP contribution in [0.2, 0.25) is 8.67 Å². The van der Waals surface area contributed by atoms with Crippen LogP contribution in [0.25, 0.3) is 0 Å². The van der Waals surface area contributed by atoms with E-state index in [4.69, 9.17) is 27.9 Å². The van der Waals surface area contributed by atoms with Gasteiger partial charge in [-0.25, -0.2) is 0 Å². The molecule has 2 rings (SSSR count). The van der Waals surface area contributed by atoms with Gasteiger partial charge < -0.3 is 4.74 Å². The molecule has 0 fully saturated rings. The van der Waals surface area contributed by atoms with Gasteiger partial charge in [0.15, 0.2) is 6.61 Å². The number of hydrogen-bond acceptors (Lipinski definition) is 3. The molecule has 0 aliphatic heterocycles. The molecule has 0 amide bonds. The van der Waals surface area contributed by atoms with Gasteiger partial charge >= 0.3 is 0 Å². The quantitative estimate of drug-likeness (QED) is 0.291. The molecule has 1 aromatic heterocycles. The number of carbonyl (C=O) groups excluding carboxylic acids is 1. The average Bonchev–Trinajstić information content (AvgIpc) is 2.66. The Balaban J connectivity index is 2.13. The maximum absolute atomic E-state index is 12.1. The van der Waals surface area contributed by atoms with E-state index in [1.807, 2.05) is 12.1 Å². The number of thiophene rings is 1. The third-order valence-corrected chi connectivity index (χ3v) is 5.98. The topological polar surface area (TPSA) is 26.3 Å². The molecule has 0 spiro atoms. The second-order valence-electron chi connectivity index (χ2n) is 3.65. The highest BCUT2D eigenvalue weighted by molar-refractivity contribution is 14.1. The van der Waals surface area contributed by atoms with Crippen LogP contribution in [0, 0.1) is 10.7 Å². The summed E-state index contributed by atoms with van der Waals surface area (Å²) in [7, 11) is 0. The minimum Gasteiger partial charge on any atom is -0.483 e. The first-order valence-corrected chi connectivity index (χ1v) is 9.94. The lowest BCUT2D eigenvalue weighted by Crippen LogP contribution is -2.12. The second-order valence-corrected chi connectivity index (χ2v) is 9.50. The van der Waals surface area contributed by atoms with Crippen molar-refractivity contribution in [2.24, 2.45) is 0 Å². The van der Waals surface area contributed by atoms with Crippen LogP contribution in [0.15, 0.2) is 18.2 Å². The average molecular weight is 665 g/mol. The van der Waals surface area contributed by atoms with Crippen molar-refractivity contribution in [1.82, 2.24) is 0 Å². The summed E-state index contributed by atoms with van der Waals surface area (Å²) in [6.45, 7) is -0.0562. The summed E-state index contributed by atoms with van der Waals surface area (Å²) in [6, 6.07) is 5.57. The number of benzene rings is 1. The van der Waals surface area contributed by atoms with Crippen molar-refractivity contribution in [3.63, 3.8) is 0 Å². The molecule has 0 saturated carbocycles. The highest BCUT2D eigenvalue weighted by Crippen LogP contribution is 2.32. The summed E-state index contributed by atoms with van der Waals surface area (Å²) in [6.07, 6.45) is 0. The van der Waals surface area contributed by atoms with E-state index in [-0.39, 0.29) is 12.4 Å². The highest BCUT2D eigenvalue weighted by atomic mass is 127. The Morgan fingerprint density at radius 2 is 1.75 bits per heavy atom. The van der Waals surface area contributed by atoms with E-state index in [1.165, 1.54) is 11.3 Å². The molecule has 8 heteroatoms. The predicted octanol–water partition coefficient (Wildman–Crippen LogP) is 6.13. The summed E-state index contributed by atoms with van der Waals surface area (Å²) in [5, 5.41) is 0. The van der Waals surface area contributed by atoms with Gasteiger partial charge in [-0.15, -0.1) is 11.3 Å². The summed E-state index contributed by atoms with van der Waals surface area (Å²) in [5.41, 5.74) is 0.414. The first-order chi connectivity index (χ1) is 9.38. The maximum atomic E-state index is 12.1. The maximum Gasteiger partial charge on any atom is 0.202 e. The van der Waals surface area contributed by atoms with Crippen molar-refractivity contribution in [2.45, 2.75) is 0 Å². The molecule has 0 unspecified atom stereocenters. The smallest absolute Gasteiger partial charge is 0.202 e. The van der Waals surface area contributed by atoms with Crippen molar-refractivity contribution < 1.29 is 9.53 Å². The van der Waals surface area contributed by atoms with Crippen LogP contribution in [0.3, 0.4) is 0 Å². The third-order valence-electron chi connectivity index (χ3n) is 2.27. The molecular formula is C12H5Cl2I3O2S. The fourth-order valence-electron chi connectivity index (χ4n) is 1.41. The van der Waals surface area contributed by atoms with Crippen LogP contribution >= 0.6 is 102 Å². The molecule has 106 valence electrons. The molecule has 1 aromatic carbocycles. The highest BCUT2D eigenvalue weighted by Gasteiger charge is 2.16. The standard InChI is InChI=1S/C12H5Cl2I3O2S/c13-10-3-6(12(14)20-10)9(18)4-19-11-7(16)1-5(15)2-8(11)17/h1-3H,4H2. The van der Waals surface area contributed by atoms with Crippen molar-refractivity contribution in [1.29, 1.82) is 0 Å². The predicted molar refractivity (Wildman–Crippen MR) is 109 cm³/mol. The SMILES string of the molecule is O=C(COc1c(I)cc(I)cc1I)c1cc(Cl)sc1Cl. The number of halogens is 5. The molecule has 0 aliphatic rings. The summed E-state index contributed by atoms with van der Waals surface area (Å²) >= 11 is 19.6. The van der Waals surface area contributed by atoms with Gasteiger partial charge in [-0.1, -0.05) is 23.2 Å². The van der Waals surface area contributed by atoms with Gasteiger partial charge in [-0.05, 0) is 86.0 Å². The first kappa shape index (κ1) is 17.5. The van der Waals surface area contributed by atoms with Gasteiger partial charge in [-0.2, -0.15) is 0 Å². The van der Waals surface area contributed by atoms with Crippen molar-refractivity contribution in [2.75, 3.05) is 6.61 Å². The van der Waals surface area contributed by atoms with Gasteiger partial charge in [-0.3, -0.25) is 4.79 Å². The zero-order valence-electron chi connectivity index (χ0n) is 9.55. The molecule has 2 nitrogen and oxygen atoms in total. The van der Waals surface area contributed by atoms with Crippen LogP contribution < -0.4 is 4.74 Å². The van der Waals surface area contributed by atoms with Crippen LogP contribution in [0.4, 0.5) is 0 Å². The van der Waals surface area contributed by atoms with Crippen molar-refractivity contribution in [3.8, 4) is 5.75 Å². The Morgan fingerprint density at radius 1 is 1.15 bits per heavy atom. The fraction of sp³-hybridized carbons (Fsp3) is 0.0833. The van der Waals surface area contributed by atoms with Gasteiger partial charge in [0, 0.05) is 3.57 Å². The fourth-order valence-corrected chi connectivity index (χ4v) is 6.81. The zero-order valence-corrected chi connectivity index (χ0v) is 18.4. The Labute approximate surface area is 171 Å². The molecule has 0 radical (unpaired) electrons. The van der Waals surface area contributed by atoms with E-state index in [0.717, 1.165) is 16.5 Å². The molecule has 2 aromatic rings. The Morgan fingerprint density at radius 3 is 2.25 bits per heavy atom. The zero-order chi connectivity index (χ0) is 14.9. The van der Waals surface area contributed by atoms with E-state index in [0.29, 0.717) is 14.2 Å². The van der Waals surface area contributed by atoms with E-state index in [9.17, 15) is 4.79 Å². The normalized spacial score (nSPS) is 10.7. The number of carbonyl (C=O) groups is 1. The van der Waals surface area contributed by atoms with Crippen molar-refractivity contribution >= 4 is 108 Å². The molecule has 0 N–H and O–H groups in total. The second kappa shape index (κ2) is 7.62. The van der Waals surface area contributed by atoms with Crippen LogP contribution in [-0.4, -0.2) is 12.4 Å². The number of ether oxygens (including phenoxy) is 1. The Kier molecular flexibility index (Phi) is 6.67. The van der Waals surface area contributed by atoms with E-state index in [2.05, 4.69) is 67.8 Å². The van der Waals surface area contributed by atoms with Gasteiger partial charge in [0.25, 0.3) is 0 Å². The third kappa shape index (κ3) is 4.34. The molecule has 0 bridgehead atoms. The van der Waals surface area contributed by atoms with E-state index >= 15 is 0 Å². The van der Waals surface area contributed by atoms with E-state index in [1.54, 1.807) is 6.07 Å². The Hall–Kier alpha value is 1.16. The number of hydrogen-bond donors (Lipinski definition) is 0. The molecular weight excluding hydrogens is 660 g/mol. The van der Waals surface area contributed by atoms with Gasteiger partial charge in [0.1, 0.15) is 10.1 Å². The molecule has 20 heavy (non-hydrogen) atoms. The lowest BCUT2D eigenvalue weighted by molar-refractivity contribution is 0.0921. The largest absolute Gasteiger partial charge is 0.483 e. The monoisotopic (exact) mass is 664 g/mol. The summed E-state index contributed by atoms with van der Waals surface area (Å²) in [5.74, 6) is 0.542. The van der Waals surface area contributed by atoms with E-state index < -0.39 is 0 Å². The number of rotatable bonds is 4. The molecule has 0 aliphatic carbocycles.